The Bertz CT molecular complexity index is 1170. The van der Waals surface area contributed by atoms with E-state index in [1.165, 1.54) is 18.1 Å². The molecule has 4 aromatic rings. The topological polar surface area (TPSA) is 77.0 Å². The maximum absolute atomic E-state index is 12.1. The number of ether oxygens (including phenoxy) is 1. The lowest BCUT2D eigenvalue weighted by atomic mass is 10.1. The molecule has 156 valence electrons. The summed E-state index contributed by atoms with van der Waals surface area (Å²) in [4.78, 5) is 24.9. The molecule has 31 heavy (non-hydrogen) atoms. The molecule has 2 aromatic heterocycles. The van der Waals surface area contributed by atoms with Crippen LogP contribution in [0.1, 0.15) is 28.4 Å². The zero-order valence-corrected chi connectivity index (χ0v) is 18.1. The van der Waals surface area contributed by atoms with E-state index in [2.05, 4.69) is 64.0 Å². The summed E-state index contributed by atoms with van der Waals surface area (Å²) in [6, 6.07) is 16.6. The van der Waals surface area contributed by atoms with Crippen molar-refractivity contribution < 1.29 is 9.53 Å². The van der Waals surface area contributed by atoms with Gasteiger partial charge < -0.3 is 10.1 Å². The van der Waals surface area contributed by atoms with E-state index in [0.717, 1.165) is 27.4 Å². The second-order valence-corrected chi connectivity index (χ2v) is 7.82. The van der Waals surface area contributed by atoms with Gasteiger partial charge in [0.25, 0.3) is 0 Å². The number of nitrogens with zero attached hydrogens (tertiary/aromatic N) is 3. The molecule has 7 heteroatoms. The van der Waals surface area contributed by atoms with Crippen LogP contribution in [0.25, 0.3) is 21.8 Å². The van der Waals surface area contributed by atoms with Crippen molar-refractivity contribution in [1.29, 1.82) is 0 Å². The minimum Gasteiger partial charge on any atom is -0.462 e. The first-order valence-corrected chi connectivity index (χ1v) is 10.8. The Morgan fingerprint density at radius 3 is 2.55 bits per heavy atom. The molecule has 0 radical (unpaired) electrons. The number of thiazole rings is 1. The Hall–Kier alpha value is -3.58. The first-order chi connectivity index (χ1) is 15.1. The van der Waals surface area contributed by atoms with Gasteiger partial charge in [0.05, 0.1) is 12.3 Å². The average molecular weight is 431 g/mol. The Morgan fingerprint density at radius 1 is 1.06 bits per heavy atom. The quantitative estimate of drug-likeness (QED) is 0.398. The van der Waals surface area contributed by atoms with Crippen LogP contribution in [0.4, 0.5) is 5.82 Å². The van der Waals surface area contributed by atoms with E-state index in [4.69, 9.17) is 9.72 Å². The molecular formula is C24H22N4O2S. The van der Waals surface area contributed by atoms with Crippen molar-refractivity contribution in [3.8, 4) is 21.8 Å². The third-order valence-electron chi connectivity index (χ3n) is 4.72. The highest BCUT2D eigenvalue weighted by Gasteiger charge is 2.14. The molecule has 0 amide bonds. The second kappa shape index (κ2) is 9.49. The third kappa shape index (κ3) is 4.95. The van der Waals surface area contributed by atoms with Crippen LogP contribution in [-0.2, 0) is 11.3 Å². The van der Waals surface area contributed by atoms with Crippen LogP contribution in [0.15, 0.2) is 66.4 Å². The van der Waals surface area contributed by atoms with Crippen molar-refractivity contribution in [1.82, 2.24) is 15.0 Å². The Morgan fingerprint density at radius 2 is 1.81 bits per heavy atom. The number of anilines is 1. The van der Waals surface area contributed by atoms with Gasteiger partial charge in [-0.05, 0) is 19.4 Å². The van der Waals surface area contributed by atoms with Crippen LogP contribution in [0, 0.1) is 6.92 Å². The molecule has 0 bridgehead atoms. The fourth-order valence-electron chi connectivity index (χ4n) is 3.04. The Kier molecular flexibility index (Phi) is 6.33. The number of carbonyl (C=O) groups excluding carboxylic acids is 1. The van der Waals surface area contributed by atoms with Crippen molar-refractivity contribution in [2.75, 3.05) is 11.9 Å². The van der Waals surface area contributed by atoms with E-state index < -0.39 is 5.97 Å². The van der Waals surface area contributed by atoms with Gasteiger partial charge in [-0.1, -0.05) is 54.1 Å². The highest BCUT2D eigenvalue weighted by atomic mass is 32.1. The zero-order chi connectivity index (χ0) is 21.6. The molecule has 1 N–H and O–H groups in total. The van der Waals surface area contributed by atoms with Gasteiger partial charge in [0.15, 0.2) is 0 Å². The van der Waals surface area contributed by atoms with Crippen LogP contribution >= 0.6 is 11.3 Å². The van der Waals surface area contributed by atoms with Gasteiger partial charge in [0, 0.05) is 29.2 Å². The number of nitrogens with one attached hydrogen (secondary N) is 1. The number of aromatic nitrogens is 3. The maximum Gasteiger partial charge on any atom is 0.343 e. The highest BCUT2D eigenvalue weighted by molar-refractivity contribution is 7.13. The van der Waals surface area contributed by atoms with Crippen molar-refractivity contribution in [2.24, 2.45) is 0 Å². The third-order valence-corrected chi connectivity index (χ3v) is 5.61. The maximum atomic E-state index is 12.1. The first-order valence-electron chi connectivity index (χ1n) is 9.97. The summed E-state index contributed by atoms with van der Waals surface area (Å²) in [7, 11) is 0. The SMILES string of the molecule is CCOC(=O)c1cncnc1NCc1ccc(-c2nc(-c3ccc(C)cc3)cs2)cc1. The van der Waals surface area contributed by atoms with Gasteiger partial charge in [0.2, 0.25) is 0 Å². The van der Waals surface area contributed by atoms with Crippen molar-refractivity contribution in [3.63, 3.8) is 0 Å². The van der Waals surface area contributed by atoms with E-state index in [-0.39, 0.29) is 0 Å². The number of hydrogen-bond acceptors (Lipinski definition) is 7. The zero-order valence-electron chi connectivity index (χ0n) is 17.3. The minimum atomic E-state index is -0.436. The van der Waals surface area contributed by atoms with E-state index in [1.54, 1.807) is 18.3 Å². The summed E-state index contributed by atoms with van der Waals surface area (Å²) >= 11 is 1.63. The number of aryl methyl sites for hydroxylation is 1. The van der Waals surface area contributed by atoms with Gasteiger partial charge in [0.1, 0.15) is 22.7 Å². The molecule has 0 aliphatic rings. The number of hydrogen-bond donors (Lipinski definition) is 1. The van der Waals surface area contributed by atoms with Gasteiger partial charge in [-0.3, -0.25) is 0 Å². The molecule has 0 spiro atoms. The summed E-state index contributed by atoms with van der Waals surface area (Å²) in [6.07, 6.45) is 2.87. The van der Waals surface area contributed by atoms with E-state index in [9.17, 15) is 4.79 Å². The molecular weight excluding hydrogens is 408 g/mol. The lowest BCUT2D eigenvalue weighted by Crippen LogP contribution is -2.11. The second-order valence-electron chi connectivity index (χ2n) is 6.96. The molecule has 0 fully saturated rings. The van der Waals surface area contributed by atoms with Crippen molar-refractivity contribution in [2.45, 2.75) is 20.4 Å². The van der Waals surface area contributed by atoms with Gasteiger partial charge >= 0.3 is 5.97 Å². The Labute approximate surface area is 185 Å². The van der Waals surface area contributed by atoms with Gasteiger partial charge in [-0.25, -0.2) is 19.7 Å². The van der Waals surface area contributed by atoms with Gasteiger partial charge in [-0.2, -0.15) is 0 Å². The van der Waals surface area contributed by atoms with Crippen LogP contribution in [0.5, 0.6) is 0 Å². The van der Waals surface area contributed by atoms with Crippen molar-refractivity contribution >= 4 is 23.1 Å². The lowest BCUT2D eigenvalue weighted by molar-refractivity contribution is 0.0526. The van der Waals surface area contributed by atoms with Crippen LogP contribution in [0.3, 0.4) is 0 Å². The summed E-state index contributed by atoms with van der Waals surface area (Å²) in [6.45, 7) is 4.67. The monoisotopic (exact) mass is 430 g/mol. The summed E-state index contributed by atoms with van der Waals surface area (Å²) in [5, 5.41) is 6.26. The van der Waals surface area contributed by atoms with Gasteiger partial charge in [-0.15, -0.1) is 11.3 Å². The normalized spacial score (nSPS) is 10.6. The molecule has 6 nitrogen and oxygen atoms in total. The highest BCUT2D eigenvalue weighted by Crippen LogP contribution is 2.29. The lowest BCUT2D eigenvalue weighted by Gasteiger charge is -2.10. The molecule has 0 aliphatic carbocycles. The number of benzene rings is 2. The molecule has 0 aliphatic heterocycles. The van der Waals surface area contributed by atoms with Crippen molar-refractivity contribution in [3.05, 3.63) is 83.1 Å². The average Bonchev–Trinajstić information content (AvgIpc) is 3.29. The first kappa shape index (κ1) is 20.7. The molecule has 4 rings (SSSR count). The Balaban J connectivity index is 1.44. The molecule has 2 heterocycles. The van der Waals surface area contributed by atoms with E-state index in [0.29, 0.717) is 24.5 Å². The van der Waals surface area contributed by atoms with Crippen LogP contribution in [0.2, 0.25) is 0 Å². The van der Waals surface area contributed by atoms with E-state index in [1.807, 2.05) is 12.1 Å². The minimum absolute atomic E-state index is 0.303. The fraction of sp³-hybridized carbons (Fsp3) is 0.167. The molecule has 0 saturated carbocycles. The summed E-state index contributed by atoms with van der Waals surface area (Å²) in [5.74, 6) is 0.0225. The number of carbonyl (C=O) groups is 1. The predicted octanol–water partition coefficient (Wildman–Crippen LogP) is 5.36. The summed E-state index contributed by atoms with van der Waals surface area (Å²) in [5.41, 5.74) is 5.80. The number of esters is 1. The predicted molar refractivity (Wildman–Crippen MR) is 123 cm³/mol. The van der Waals surface area contributed by atoms with Crippen LogP contribution < -0.4 is 5.32 Å². The molecule has 2 aromatic carbocycles. The van der Waals surface area contributed by atoms with E-state index >= 15 is 0 Å². The fourth-order valence-corrected chi connectivity index (χ4v) is 3.88. The standard InChI is InChI=1S/C24H22N4O2S/c1-3-30-24(29)20-13-25-15-27-22(20)26-12-17-6-10-19(11-7-17)23-28-21(14-31-23)18-8-4-16(2)5-9-18/h4-11,13-15H,3,12H2,1-2H3,(H,25,26,27). The molecule has 0 saturated heterocycles. The van der Waals surface area contributed by atoms with Crippen LogP contribution in [-0.4, -0.2) is 27.5 Å². The summed E-state index contributed by atoms with van der Waals surface area (Å²) < 4.78 is 5.06. The molecule has 0 atom stereocenters. The molecule has 0 unspecified atom stereocenters. The largest absolute Gasteiger partial charge is 0.462 e. The number of rotatable bonds is 7. The smallest absolute Gasteiger partial charge is 0.343 e.